The Morgan fingerprint density at radius 2 is 2.27 bits per heavy atom. The second-order valence-corrected chi connectivity index (χ2v) is 4.61. The Balaban J connectivity index is 2.56. The summed E-state index contributed by atoms with van der Waals surface area (Å²) in [5.74, 6) is 0.973. The van der Waals surface area contributed by atoms with Crippen LogP contribution in [0.25, 0.3) is 0 Å². The number of hydrogen-bond acceptors (Lipinski definition) is 3. The molecule has 1 aromatic rings. The van der Waals surface area contributed by atoms with Crippen LogP contribution in [-0.4, -0.2) is 24.6 Å². The van der Waals surface area contributed by atoms with Crippen molar-refractivity contribution in [1.29, 1.82) is 0 Å². The zero-order chi connectivity index (χ0) is 11.1. The first-order valence-corrected chi connectivity index (χ1v) is 6.16. The molecule has 1 aromatic carbocycles. The highest BCUT2D eigenvalue weighted by molar-refractivity contribution is 7.99. The van der Waals surface area contributed by atoms with Crippen molar-refractivity contribution in [3.63, 3.8) is 0 Å². The zero-order valence-corrected chi connectivity index (χ0v) is 10.3. The van der Waals surface area contributed by atoms with Crippen LogP contribution in [-0.2, 0) is 11.3 Å². The Kier molecular flexibility index (Phi) is 6.10. The van der Waals surface area contributed by atoms with Gasteiger partial charge in [-0.25, -0.2) is 0 Å². The number of aliphatic hydroxyl groups is 1. The summed E-state index contributed by atoms with van der Waals surface area (Å²) in [5.41, 5.74) is 0.821. The second kappa shape index (κ2) is 7.12. The molecule has 2 nitrogen and oxygen atoms in total. The lowest BCUT2D eigenvalue weighted by Crippen LogP contribution is -1.93. The Morgan fingerprint density at radius 3 is 2.93 bits per heavy atom. The quantitative estimate of drug-likeness (QED) is 0.618. The monoisotopic (exact) mass is 246 g/mol. The molecule has 84 valence electrons. The Bertz CT molecular complexity index is 305. The molecule has 0 aliphatic rings. The van der Waals surface area contributed by atoms with E-state index in [-0.39, 0.29) is 6.61 Å². The van der Waals surface area contributed by atoms with Crippen LogP contribution in [0, 0.1) is 0 Å². The second-order valence-electron chi connectivity index (χ2n) is 3.07. The summed E-state index contributed by atoms with van der Waals surface area (Å²) in [4.78, 5) is 1.06. The van der Waals surface area contributed by atoms with Crippen LogP contribution in [0.15, 0.2) is 23.1 Å². The summed E-state index contributed by atoms with van der Waals surface area (Å²) in [6.07, 6.45) is 0.999. The number of halogens is 1. The summed E-state index contributed by atoms with van der Waals surface area (Å²) in [7, 11) is 1.70. The molecule has 0 amide bonds. The van der Waals surface area contributed by atoms with Crippen LogP contribution in [0.3, 0.4) is 0 Å². The largest absolute Gasteiger partial charge is 0.392 e. The minimum absolute atomic E-state index is 0.00765. The maximum atomic E-state index is 9.18. The SMILES string of the molecule is COCCCSc1cccc(Cl)c1CO. The molecule has 0 saturated heterocycles. The maximum absolute atomic E-state index is 9.18. The summed E-state index contributed by atoms with van der Waals surface area (Å²) >= 11 is 7.67. The van der Waals surface area contributed by atoms with Crippen molar-refractivity contribution in [1.82, 2.24) is 0 Å². The molecule has 0 radical (unpaired) electrons. The van der Waals surface area contributed by atoms with Crippen LogP contribution in [0.5, 0.6) is 0 Å². The number of methoxy groups -OCH3 is 1. The van der Waals surface area contributed by atoms with Gasteiger partial charge in [0.1, 0.15) is 0 Å². The fourth-order valence-corrected chi connectivity index (χ4v) is 2.51. The average Bonchev–Trinajstić information content (AvgIpc) is 2.24. The van der Waals surface area contributed by atoms with Gasteiger partial charge in [0.15, 0.2) is 0 Å². The van der Waals surface area contributed by atoms with Gasteiger partial charge in [-0.05, 0) is 18.6 Å². The van der Waals surface area contributed by atoms with Crippen molar-refractivity contribution in [3.8, 4) is 0 Å². The molecule has 1 rings (SSSR count). The van der Waals surface area contributed by atoms with Gasteiger partial charge in [0.2, 0.25) is 0 Å². The average molecular weight is 247 g/mol. The van der Waals surface area contributed by atoms with Gasteiger partial charge in [-0.1, -0.05) is 17.7 Å². The molecule has 0 aliphatic heterocycles. The van der Waals surface area contributed by atoms with Crippen LogP contribution in [0.4, 0.5) is 0 Å². The van der Waals surface area contributed by atoms with Gasteiger partial charge < -0.3 is 9.84 Å². The van der Waals surface area contributed by atoms with Crippen molar-refractivity contribution in [2.45, 2.75) is 17.9 Å². The molecule has 0 heterocycles. The van der Waals surface area contributed by atoms with E-state index < -0.39 is 0 Å². The highest BCUT2D eigenvalue weighted by Crippen LogP contribution is 2.28. The van der Waals surface area contributed by atoms with Crippen LogP contribution < -0.4 is 0 Å². The molecule has 0 spiro atoms. The smallest absolute Gasteiger partial charge is 0.0707 e. The molecule has 0 fully saturated rings. The third-order valence-corrected chi connectivity index (χ3v) is 3.52. The number of hydrogen-bond donors (Lipinski definition) is 1. The minimum Gasteiger partial charge on any atom is -0.392 e. The van der Waals surface area contributed by atoms with Gasteiger partial charge in [0.05, 0.1) is 6.61 Å². The predicted molar refractivity (Wildman–Crippen MR) is 64.6 cm³/mol. The fourth-order valence-electron chi connectivity index (χ4n) is 1.21. The Hall–Kier alpha value is -0.220. The molecule has 1 N–H and O–H groups in total. The van der Waals surface area contributed by atoms with Crippen molar-refractivity contribution in [2.24, 2.45) is 0 Å². The first-order chi connectivity index (χ1) is 7.29. The van der Waals surface area contributed by atoms with E-state index in [9.17, 15) is 5.11 Å². The van der Waals surface area contributed by atoms with E-state index in [4.69, 9.17) is 16.3 Å². The van der Waals surface area contributed by atoms with E-state index in [1.54, 1.807) is 24.9 Å². The normalized spacial score (nSPS) is 10.6. The van der Waals surface area contributed by atoms with E-state index in [2.05, 4.69) is 0 Å². The Labute approximate surface area is 99.6 Å². The lowest BCUT2D eigenvalue weighted by molar-refractivity contribution is 0.200. The van der Waals surface area contributed by atoms with E-state index in [1.165, 1.54) is 0 Å². The van der Waals surface area contributed by atoms with Gasteiger partial charge in [0.25, 0.3) is 0 Å². The van der Waals surface area contributed by atoms with Crippen LogP contribution >= 0.6 is 23.4 Å². The molecule has 15 heavy (non-hydrogen) atoms. The number of benzene rings is 1. The Morgan fingerprint density at radius 1 is 1.47 bits per heavy atom. The van der Waals surface area contributed by atoms with Crippen molar-refractivity contribution in [3.05, 3.63) is 28.8 Å². The predicted octanol–water partition coefficient (Wildman–Crippen LogP) is 2.96. The number of ether oxygens (including phenoxy) is 1. The maximum Gasteiger partial charge on any atom is 0.0707 e. The molecule has 0 aromatic heterocycles. The molecular formula is C11H15ClO2S. The van der Waals surface area contributed by atoms with Crippen molar-refractivity contribution >= 4 is 23.4 Å². The summed E-state index contributed by atoms with van der Waals surface area (Å²) in [6, 6.07) is 5.68. The third kappa shape index (κ3) is 4.03. The summed E-state index contributed by atoms with van der Waals surface area (Å²) < 4.78 is 4.97. The first-order valence-electron chi connectivity index (χ1n) is 4.79. The van der Waals surface area contributed by atoms with Crippen LogP contribution in [0.1, 0.15) is 12.0 Å². The molecule has 0 atom stereocenters. The lowest BCUT2D eigenvalue weighted by atomic mass is 10.2. The topological polar surface area (TPSA) is 29.5 Å². The summed E-state index contributed by atoms with van der Waals surface area (Å²) in [6.45, 7) is 0.758. The highest BCUT2D eigenvalue weighted by atomic mass is 35.5. The molecule has 4 heteroatoms. The molecule has 0 unspecified atom stereocenters. The molecule has 0 bridgehead atoms. The van der Waals surface area contributed by atoms with E-state index >= 15 is 0 Å². The fraction of sp³-hybridized carbons (Fsp3) is 0.455. The lowest BCUT2D eigenvalue weighted by Gasteiger charge is -2.08. The number of aliphatic hydroxyl groups excluding tert-OH is 1. The first kappa shape index (κ1) is 12.8. The van der Waals surface area contributed by atoms with Crippen LogP contribution in [0.2, 0.25) is 5.02 Å². The molecular weight excluding hydrogens is 232 g/mol. The van der Waals surface area contributed by atoms with Gasteiger partial charge in [-0.15, -0.1) is 11.8 Å². The number of rotatable bonds is 6. The zero-order valence-electron chi connectivity index (χ0n) is 8.70. The molecule has 0 saturated carbocycles. The molecule has 0 aliphatic carbocycles. The summed E-state index contributed by atoms with van der Waals surface area (Å²) in [5, 5.41) is 9.81. The van der Waals surface area contributed by atoms with Crippen molar-refractivity contribution in [2.75, 3.05) is 19.5 Å². The van der Waals surface area contributed by atoms with E-state index in [0.717, 1.165) is 29.2 Å². The standard InChI is InChI=1S/C11H15ClO2S/c1-14-6-3-7-15-11-5-2-4-10(12)9(11)8-13/h2,4-5,13H,3,6-8H2,1H3. The van der Waals surface area contributed by atoms with E-state index in [0.29, 0.717) is 5.02 Å². The van der Waals surface area contributed by atoms with Gasteiger partial charge in [0, 0.05) is 35.0 Å². The van der Waals surface area contributed by atoms with E-state index in [1.807, 2.05) is 12.1 Å². The van der Waals surface area contributed by atoms with Crippen molar-refractivity contribution < 1.29 is 9.84 Å². The van der Waals surface area contributed by atoms with Gasteiger partial charge in [-0.3, -0.25) is 0 Å². The number of thioether (sulfide) groups is 1. The van der Waals surface area contributed by atoms with Gasteiger partial charge in [-0.2, -0.15) is 0 Å². The highest BCUT2D eigenvalue weighted by Gasteiger charge is 2.05. The van der Waals surface area contributed by atoms with Gasteiger partial charge >= 0.3 is 0 Å². The minimum atomic E-state index is -0.00765. The third-order valence-electron chi connectivity index (χ3n) is 1.98.